The predicted octanol–water partition coefficient (Wildman–Crippen LogP) is 2.48. The lowest BCUT2D eigenvalue weighted by Crippen LogP contribution is -2.36. The van der Waals surface area contributed by atoms with Gasteiger partial charge < -0.3 is 4.90 Å². The normalized spacial score (nSPS) is 30.3. The van der Waals surface area contributed by atoms with Crippen LogP contribution in [0.2, 0.25) is 0 Å². The second-order valence-electron chi connectivity index (χ2n) is 5.56. The molecule has 1 atom stereocenters. The summed E-state index contributed by atoms with van der Waals surface area (Å²) < 4.78 is 0. The first kappa shape index (κ1) is 11.1. The number of nitrogens with zero attached hydrogens (tertiary/aromatic N) is 1. The molecule has 2 fully saturated rings. The number of rotatable bonds is 2. The molecule has 1 saturated heterocycles. The molecule has 15 heavy (non-hydrogen) atoms. The maximum Gasteiger partial charge on any atom is 0.133 e. The van der Waals surface area contributed by atoms with Crippen LogP contribution in [0.3, 0.4) is 0 Å². The first-order valence-electron chi connectivity index (χ1n) is 6.42. The van der Waals surface area contributed by atoms with Crippen LogP contribution >= 0.6 is 0 Å². The zero-order valence-corrected chi connectivity index (χ0v) is 10.0. The molecule has 1 unspecified atom stereocenters. The van der Waals surface area contributed by atoms with E-state index in [2.05, 4.69) is 18.7 Å². The zero-order valence-electron chi connectivity index (χ0n) is 10.0. The van der Waals surface area contributed by atoms with Crippen LogP contribution in [-0.2, 0) is 4.79 Å². The zero-order chi connectivity index (χ0) is 10.8. The summed E-state index contributed by atoms with van der Waals surface area (Å²) in [5.41, 5.74) is 0. The summed E-state index contributed by atoms with van der Waals surface area (Å²) in [6.07, 6.45) is 5.25. The molecule has 0 amide bonds. The van der Waals surface area contributed by atoms with Crippen LogP contribution in [0, 0.1) is 11.8 Å². The van der Waals surface area contributed by atoms with E-state index in [-0.39, 0.29) is 0 Å². The minimum Gasteiger partial charge on any atom is -0.300 e. The number of hydrogen-bond acceptors (Lipinski definition) is 2. The molecule has 2 aliphatic rings. The van der Waals surface area contributed by atoms with E-state index in [1.165, 1.54) is 19.5 Å². The van der Waals surface area contributed by atoms with Crippen molar-refractivity contribution in [3.8, 4) is 0 Å². The second-order valence-corrected chi connectivity index (χ2v) is 5.56. The average Bonchev–Trinajstić information content (AvgIpc) is 2.68. The molecule has 0 N–H and O–H groups in total. The van der Waals surface area contributed by atoms with Crippen molar-refractivity contribution in [2.75, 3.05) is 13.1 Å². The number of likely N-dealkylation sites (tertiary alicyclic amines) is 1. The standard InChI is InChI=1S/C13H23NO/c1-10(2)11-7-8-14(9-11)12-3-5-13(15)6-4-12/h10-12H,3-9H2,1-2H3. The van der Waals surface area contributed by atoms with E-state index in [9.17, 15) is 4.79 Å². The smallest absolute Gasteiger partial charge is 0.133 e. The molecule has 0 aromatic rings. The lowest BCUT2D eigenvalue weighted by molar-refractivity contribution is -0.121. The number of hydrogen-bond donors (Lipinski definition) is 0. The maximum absolute atomic E-state index is 11.2. The van der Waals surface area contributed by atoms with Crippen molar-refractivity contribution in [1.82, 2.24) is 4.90 Å². The molecule has 0 bridgehead atoms. The van der Waals surface area contributed by atoms with Crippen molar-refractivity contribution in [2.24, 2.45) is 11.8 Å². The summed E-state index contributed by atoms with van der Waals surface area (Å²) in [4.78, 5) is 13.8. The second kappa shape index (κ2) is 4.65. The van der Waals surface area contributed by atoms with Gasteiger partial charge in [0, 0.05) is 25.4 Å². The van der Waals surface area contributed by atoms with Crippen molar-refractivity contribution in [1.29, 1.82) is 0 Å². The number of Topliss-reactive ketones (excluding diaryl/α,β-unsaturated/α-hetero) is 1. The molecular weight excluding hydrogens is 186 g/mol. The van der Waals surface area contributed by atoms with Gasteiger partial charge in [-0.05, 0) is 37.6 Å². The highest BCUT2D eigenvalue weighted by molar-refractivity contribution is 5.79. The van der Waals surface area contributed by atoms with Crippen LogP contribution < -0.4 is 0 Å². The summed E-state index contributed by atoms with van der Waals surface area (Å²) >= 11 is 0. The van der Waals surface area contributed by atoms with Gasteiger partial charge in [0.05, 0.1) is 0 Å². The fourth-order valence-corrected chi connectivity index (χ4v) is 2.98. The minimum atomic E-state index is 0.478. The molecule has 0 radical (unpaired) electrons. The summed E-state index contributed by atoms with van der Waals surface area (Å²) in [6.45, 7) is 7.20. The molecule has 1 aliphatic heterocycles. The Morgan fingerprint density at radius 1 is 1.20 bits per heavy atom. The lowest BCUT2D eigenvalue weighted by Gasteiger charge is -2.30. The van der Waals surface area contributed by atoms with Gasteiger partial charge >= 0.3 is 0 Å². The Morgan fingerprint density at radius 3 is 2.40 bits per heavy atom. The molecule has 2 rings (SSSR count). The summed E-state index contributed by atoms with van der Waals surface area (Å²) in [7, 11) is 0. The third-order valence-electron chi connectivity index (χ3n) is 4.23. The van der Waals surface area contributed by atoms with E-state index in [1.54, 1.807) is 0 Å². The van der Waals surface area contributed by atoms with Crippen LogP contribution in [0.4, 0.5) is 0 Å². The third kappa shape index (κ3) is 2.60. The Bertz CT molecular complexity index is 227. The van der Waals surface area contributed by atoms with E-state index < -0.39 is 0 Å². The van der Waals surface area contributed by atoms with Gasteiger partial charge in [-0.3, -0.25) is 4.79 Å². The average molecular weight is 209 g/mol. The van der Waals surface area contributed by atoms with E-state index in [0.29, 0.717) is 11.8 Å². The van der Waals surface area contributed by atoms with Gasteiger partial charge in [-0.2, -0.15) is 0 Å². The maximum atomic E-state index is 11.2. The molecule has 1 saturated carbocycles. The topological polar surface area (TPSA) is 20.3 Å². The van der Waals surface area contributed by atoms with Gasteiger partial charge in [0.2, 0.25) is 0 Å². The van der Waals surface area contributed by atoms with Crippen molar-refractivity contribution < 1.29 is 4.79 Å². The van der Waals surface area contributed by atoms with Crippen LogP contribution in [-0.4, -0.2) is 29.8 Å². The lowest BCUT2D eigenvalue weighted by atomic mass is 9.93. The van der Waals surface area contributed by atoms with Crippen LogP contribution in [0.15, 0.2) is 0 Å². The monoisotopic (exact) mass is 209 g/mol. The first-order valence-corrected chi connectivity index (χ1v) is 6.42. The summed E-state index contributed by atoms with van der Waals surface area (Å²) in [5.74, 6) is 2.19. The van der Waals surface area contributed by atoms with Crippen molar-refractivity contribution >= 4 is 5.78 Å². The van der Waals surface area contributed by atoms with Crippen LogP contribution in [0.5, 0.6) is 0 Å². The van der Waals surface area contributed by atoms with Gasteiger partial charge in [-0.25, -0.2) is 0 Å². The fraction of sp³-hybridized carbons (Fsp3) is 0.923. The first-order chi connectivity index (χ1) is 7.16. The minimum absolute atomic E-state index is 0.478. The number of carbonyl (C=O) groups is 1. The highest BCUT2D eigenvalue weighted by Gasteiger charge is 2.31. The van der Waals surface area contributed by atoms with Crippen molar-refractivity contribution in [3.05, 3.63) is 0 Å². The highest BCUT2D eigenvalue weighted by atomic mass is 16.1. The molecule has 2 heteroatoms. The summed E-state index contributed by atoms with van der Waals surface area (Å²) in [6, 6.07) is 0.714. The van der Waals surface area contributed by atoms with Crippen LogP contribution in [0.25, 0.3) is 0 Å². The molecule has 0 spiro atoms. The molecule has 1 heterocycles. The molecule has 86 valence electrons. The predicted molar refractivity (Wildman–Crippen MR) is 61.8 cm³/mol. The van der Waals surface area contributed by atoms with E-state index in [1.807, 2.05) is 0 Å². The van der Waals surface area contributed by atoms with E-state index >= 15 is 0 Å². The Balaban J connectivity index is 1.83. The molecule has 0 aromatic carbocycles. The summed E-state index contributed by atoms with van der Waals surface area (Å²) in [5, 5.41) is 0. The Labute approximate surface area is 93.0 Å². The Hall–Kier alpha value is -0.370. The highest BCUT2D eigenvalue weighted by Crippen LogP contribution is 2.29. The van der Waals surface area contributed by atoms with Gasteiger partial charge in [-0.1, -0.05) is 13.8 Å². The quantitative estimate of drug-likeness (QED) is 0.696. The SMILES string of the molecule is CC(C)C1CCN(C2CCC(=O)CC2)C1. The van der Waals surface area contributed by atoms with E-state index in [4.69, 9.17) is 0 Å². The van der Waals surface area contributed by atoms with Gasteiger partial charge in [0.25, 0.3) is 0 Å². The third-order valence-corrected chi connectivity index (χ3v) is 4.23. The van der Waals surface area contributed by atoms with Gasteiger partial charge in [0.15, 0.2) is 0 Å². The van der Waals surface area contributed by atoms with Gasteiger partial charge in [0.1, 0.15) is 5.78 Å². The number of ketones is 1. The Kier molecular flexibility index (Phi) is 3.45. The van der Waals surface area contributed by atoms with Crippen molar-refractivity contribution in [2.45, 2.75) is 52.0 Å². The van der Waals surface area contributed by atoms with Crippen LogP contribution in [0.1, 0.15) is 46.0 Å². The van der Waals surface area contributed by atoms with E-state index in [0.717, 1.165) is 37.5 Å². The number of carbonyl (C=O) groups excluding carboxylic acids is 1. The van der Waals surface area contributed by atoms with Gasteiger partial charge in [-0.15, -0.1) is 0 Å². The molecule has 2 nitrogen and oxygen atoms in total. The Morgan fingerprint density at radius 2 is 1.87 bits per heavy atom. The molecular formula is C13H23NO. The largest absolute Gasteiger partial charge is 0.300 e. The fourth-order valence-electron chi connectivity index (χ4n) is 2.98. The van der Waals surface area contributed by atoms with Crippen molar-refractivity contribution in [3.63, 3.8) is 0 Å². The molecule has 1 aliphatic carbocycles. The molecule has 0 aromatic heterocycles.